The van der Waals surface area contributed by atoms with E-state index in [2.05, 4.69) is 6.92 Å². The second kappa shape index (κ2) is 7.44. The lowest BCUT2D eigenvalue weighted by Gasteiger charge is -2.31. The minimum atomic E-state index is -0.879. The predicted molar refractivity (Wildman–Crippen MR) is 82.2 cm³/mol. The third kappa shape index (κ3) is 5.74. The van der Waals surface area contributed by atoms with Crippen molar-refractivity contribution in [2.45, 2.75) is 52.7 Å². The lowest BCUT2D eigenvalue weighted by atomic mass is 10.0. The van der Waals surface area contributed by atoms with E-state index < -0.39 is 5.60 Å². The summed E-state index contributed by atoms with van der Waals surface area (Å²) in [6.45, 7) is 8.44. The number of hydrogen-bond donors (Lipinski definition) is 1. The molecule has 0 heterocycles. The van der Waals surface area contributed by atoms with Crippen LogP contribution in [0.1, 0.15) is 46.1 Å². The Kier molecular flexibility index (Phi) is 6.21. The molecule has 0 saturated heterocycles. The van der Waals surface area contributed by atoms with Gasteiger partial charge in [0, 0.05) is 19.0 Å². The van der Waals surface area contributed by atoms with Crippen LogP contribution in [0.5, 0.6) is 0 Å². The van der Waals surface area contributed by atoms with Crippen molar-refractivity contribution in [2.24, 2.45) is 5.92 Å². The lowest BCUT2D eigenvalue weighted by Crippen LogP contribution is -2.43. The second-order valence-electron chi connectivity index (χ2n) is 6.18. The SMILES string of the molecule is CCCC(C)C(=O)N(Cc1ccccc1)CC(C)(C)O. The van der Waals surface area contributed by atoms with Crippen LogP contribution < -0.4 is 0 Å². The molecule has 20 heavy (non-hydrogen) atoms. The molecule has 0 aliphatic carbocycles. The molecule has 0 radical (unpaired) electrons. The van der Waals surface area contributed by atoms with E-state index in [4.69, 9.17) is 0 Å². The minimum Gasteiger partial charge on any atom is -0.389 e. The Bertz CT molecular complexity index is 409. The van der Waals surface area contributed by atoms with Gasteiger partial charge in [-0.2, -0.15) is 0 Å². The van der Waals surface area contributed by atoms with Gasteiger partial charge in [0.15, 0.2) is 0 Å². The topological polar surface area (TPSA) is 40.5 Å². The lowest BCUT2D eigenvalue weighted by molar-refractivity contribution is -0.139. The van der Waals surface area contributed by atoms with Gasteiger partial charge in [0.1, 0.15) is 0 Å². The van der Waals surface area contributed by atoms with Crippen LogP contribution in [0.2, 0.25) is 0 Å². The molecule has 0 bridgehead atoms. The zero-order valence-corrected chi connectivity index (χ0v) is 13.1. The molecule has 1 aromatic rings. The predicted octanol–water partition coefficient (Wildman–Crippen LogP) is 3.22. The molecular weight excluding hydrogens is 250 g/mol. The van der Waals surface area contributed by atoms with Gasteiger partial charge >= 0.3 is 0 Å². The van der Waals surface area contributed by atoms with Crippen molar-refractivity contribution in [3.8, 4) is 0 Å². The van der Waals surface area contributed by atoms with Gasteiger partial charge in [-0.15, -0.1) is 0 Å². The number of nitrogens with zero attached hydrogens (tertiary/aromatic N) is 1. The summed E-state index contributed by atoms with van der Waals surface area (Å²) in [5.74, 6) is 0.129. The fraction of sp³-hybridized carbons (Fsp3) is 0.588. The number of aliphatic hydroxyl groups is 1. The number of carbonyl (C=O) groups is 1. The van der Waals surface area contributed by atoms with Crippen LogP contribution in [0.25, 0.3) is 0 Å². The molecule has 0 aliphatic heterocycles. The Labute approximate surface area is 122 Å². The third-order valence-electron chi connectivity index (χ3n) is 3.25. The molecule has 0 aliphatic rings. The smallest absolute Gasteiger partial charge is 0.225 e. The zero-order valence-electron chi connectivity index (χ0n) is 13.1. The minimum absolute atomic E-state index is 0.00561. The summed E-state index contributed by atoms with van der Waals surface area (Å²) in [6, 6.07) is 9.92. The van der Waals surface area contributed by atoms with E-state index >= 15 is 0 Å². The van der Waals surface area contributed by atoms with Gasteiger partial charge in [0.05, 0.1) is 5.60 Å². The average molecular weight is 277 g/mol. The van der Waals surface area contributed by atoms with E-state index in [1.165, 1.54) is 0 Å². The second-order valence-corrected chi connectivity index (χ2v) is 6.18. The van der Waals surface area contributed by atoms with Crippen LogP contribution in [0.15, 0.2) is 30.3 Å². The van der Waals surface area contributed by atoms with Gasteiger partial charge in [0.25, 0.3) is 0 Å². The normalized spacial score (nSPS) is 13.1. The highest BCUT2D eigenvalue weighted by molar-refractivity contribution is 5.78. The van der Waals surface area contributed by atoms with Crippen molar-refractivity contribution in [3.63, 3.8) is 0 Å². The highest BCUT2D eigenvalue weighted by atomic mass is 16.3. The zero-order chi connectivity index (χ0) is 15.2. The van der Waals surface area contributed by atoms with E-state index in [1.807, 2.05) is 37.3 Å². The number of amides is 1. The maximum atomic E-state index is 12.5. The first-order chi connectivity index (χ1) is 9.33. The first-order valence-corrected chi connectivity index (χ1v) is 7.38. The quantitative estimate of drug-likeness (QED) is 0.831. The van der Waals surface area contributed by atoms with E-state index in [-0.39, 0.29) is 11.8 Å². The maximum Gasteiger partial charge on any atom is 0.225 e. The number of carbonyl (C=O) groups excluding carboxylic acids is 1. The van der Waals surface area contributed by atoms with Gasteiger partial charge in [0.2, 0.25) is 5.91 Å². The molecule has 112 valence electrons. The summed E-state index contributed by atoms with van der Waals surface area (Å²) in [5.41, 5.74) is 0.213. The summed E-state index contributed by atoms with van der Waals surface area (Å²) < 4.78 is 0. The van der Waals surface area contributed by atoms with Gasteiger partial charge in [-0.25, -0.2) is 0 Å². The van der Waals surface area contributed by atoms with Gasteiger partial charge in [-0.3, -0.25) is 4.79 Å². The highest BCUT2D eigenvalue weighted by Crippen LogP contribution is 2.16. The average Bonchev–Trinajstić information content (AvgIpc) is 2.37. The van der Waals surface area contributed by atoms with E-state index in [0.29, 0.717) is 13.1 Å². The van der Waals surface area contributed by atoms with Gasteiger partial charge in [-0.1, -0.05) is 50.6 Å². The fourth-order valence-electron chi connectivity index (χ4n) is 2.35. The Morgan fingerprint density at radius 1 is 1.30 bits per heavy atom. The summed E-state index contributed by atoms with van der Waals surface area (Å²) in [4.78, 5) is 14.3. The molecule has 1 aromatic carbocycles. The summed E-state index contributed by atoms with van der Waals surface area (Å²) in [6.07, 6.45) is 1.88. The monoisotopic (exact) mass is 277 g/mol. The van der Waals surface area contributed by atoms with Crippen LogP contribution >= 0.6 is 0 Å². The molecule has 1 unspecified atom stereocenters. The van der Waals surface area contributed by atoms with Crippen molar-refractivity contribution < 1.29 is 9.90 Å². The molecule has 1 atom stereocenters. The number of rotatable bonds is 7. The summed E-state index contributed by atoms with van der Waals surface area (Å²) in [5, 5.41) is 10.0. The first-order valence-electron chi connectivity index (χ1n) is 7.38. The Morgan fingerprint density at radius 2 is 1.90 bits per heavy atom. The van der Waals surface area contributed by atoms with E-state index in [9.17, 15) is 9.90 Å². The Morgan fingerprint density at radius 3 is 2.40 bits per heavy atom. The molecule has 1 rings (SSSR count). The van der Waals surface area contributed by atoms with Crippen molar-refractivity contribution in [2.75, 3.05) is 6.54 Å². The molecule has 0 saturated carbocycles. The Hall–Kier alpha value is -1.35. The summed E-state index contributed by atoms with van der Waals surface area (Å²) in [7, 11) is 0. The molecule has 3 heteroatoms. The molecule has 1 amide bonds. The van der Waals surface area contributed by atoms with Crippen molar-refractivity contribution in [1.29, 1.82) is 0 Å². The third-order valence-corrected chi connectivity index (χ3v) is 3.25. The highest BCUT2D eigenvalue weighted by Gasteiger charge is 2.25. The molecule has 0 spiro atoms. The molecular formula is C17H27NO2. The van der Waals surface area contributed by atoms with E-state index in [1.54, 1.807) is 18.7 Å². The van der Waals surface area contributed by atoms with Crippen molar-refractivity contribution in [3.05, 3.63) is 35.9 Å². The molecule has 0 fully saturated rings. The van der Waals surface area contributed by atoms with Gasteiger partial charge in [-0.05, 0) is 25.8 Å². The fourth-order valence-corrected chi connectivity index (χ4v) is 2.35. The van der Waals surface area contributed by atoms with Crippen LogP contribution in [-0.4, -0.2) is 28.1 Å². The van der Waals surface area contributed by atoms with Gasteiger partial charge < -0.3 is 10.0 Å². The largest absolute Gasteiger partial charge is 0.389 e. The molecule has 1 N–H and O–H groups in total. The maximum absolute atomic E-state index is 12.5. The molecule has 3 nitrogen and oxygen atoms in total. The first kappa shape index (κ1) is 16.7. The number of hydrogen-bond acceptors (Lipinski definition) is 2. The van der Waals surface area contributed by atoms with Crippen LogP contribution in [-0.2, 0) is 11.3 Å². The Balaban J connectivity index is 2.82. The van der Waals surface area contributed by atoms with Crippen molar-refractivity contribution in [1.82, 2.24) is 4.90 Å². The number of benzene rings is 1. The van der Waals surface area contributed by atoms with E-state index in [0.717, 1.165) is 18.4 Å². The van der Waals surface area contributed by atoms with Crippen molar-refractivity contribution >= 4 is 5.91 Å². The standard InChI is InChI=1S/C17H27NO2/c1-5-9-14(2)16(19)18(13-17(3,4)20)12-15-10-7-6-8-11-15/h6-8,10-11,14,20H,5,9,12-13H2,1-4H3. The summed E-state index contributed by atoms with van der Waals surface area (Å²) >= 11 is 0. The van der Waals surface area contributed by atoms with Crippen LogP contribution in [0.4, 0.5) is 0 Å². The van der Waals surface area contributed by atoms with Crippen LogP contribution in [0, 0.1) is 5.92 Å². The van der Waals surface area contributed by atoms with Crippen LogP contribution in [0.3, 0.4) is 0 Å². The molecule has 0 aromatic heterocycles.